The highest BCUT2D eigenvalue weighted by Gasteiger charge is 2.27. The van der Waals surface area contributed by atoms with E-state index in [0.717, 1.165) is 22.5 Å². The van der Waals surface area contributed by atoms with Gasteiger partial charge < -0.3 is 14.8 Å². The van der Waals surface area contributed by atoms with Gasteiger partial charge in [0.1, 0.15) is 5.69 Å². The summed E-state index contributed by atoms with van der Waals surface area (Å²) >= 11 is 0. The molecule has 0 bridgehead atoms. The van der Waals surface area contributed by atoms with E-state index in [1.807, 2.05) is 47.0 Å². The molecule has 7 heteroatoms. The van der Waals surface area contributed by atoms with Crippen LogP contribution in [0.2, 0.25) is 0 Å². The third-order valence-corrected chi connectivity index (χ3v) is 5.92. The minimum absolute atomic E-state index is 0.158. The van der Waals surface area contributed by atoms with E-state index in [0.29, 0.717) is 36.5 Å². The summed E-state index contributed by atoms with van der Waals surface area (Å²) in [6.07, 6.45) is 3.42. The van der Waals surface area contributed by atoms with Gasteiger partial charge in [0.2, 0.25) is 0 Å². The van der Waals surface area contributed by atoms with Gasteiger partial charge in [0.15, 0.2) is 0 Å². The van der Waals surface area contributed by atoms with Crippen molar-refractivity contribution in [1.82, 2.24) is 14.9 Å². The highest BCUT2D eigenvalue weighted by molar-refractivity contribution is 6.06. The van der Waals surface area contributed by atoms with E-state index in [2.05, 4.69) is 16.4 Å². The standard InChI is InChI=1S/C27H21N5O2/c28-14-19-7-9-21(10-8-19)27(34)32-18-23-11-12-25(26(33)30-16-20-4-3-13-29-15-20)31(23)17-22-5-1-2-6-24(22)32/h1-13,15H,16-18H2,(H,30,33). The summed E-state index contributed by atoms with van der Waals surface area (Å²) in [5, 5.41) is 12.0. The second-order valence-electron chi connectivity index (χ2n) is 8.05. The summed E-state index contributed by atoms with van der Waals surface area (Å²) in [4.78, 5) is 32.3. The van der Waals surface area contributed by atoms with Crippen LogP contribution < -0.4 is 10.2 Å². The molecule has 0 unspecified atom stereocenters. The molecule has 0 atom stereocenters. The summed E-state index contributed by atoms with van der Waals surface area (Å²) < 4.78 is 1.96. The van der Waals surface area contributed by atoms with Crippen LogP contribution in [0.3, 0.4) is 0 Å². The monoisotopic (exact) mass is 447 g/mol. The number of para-hydroxylation sites is 1. The van der Waals surface area contributed by atoms with Crippen molar-refractivity contribution in [3.8, 4) is 6.07 Å². The smallest absolute Gasteiger partial charge is 0.268 e. The number of carbonyl (C=O) groups excluding carboxylic acids is 2. The summed E-state index contributed by atoms with van der Waals surface area (Å²) in [6.45, 7) is 1.18. The predicted octanol–water partition coefficient (Wildman–Crippen LogP) is 3.89. The van der Waals surface area contributed by atoms with Crippen molar-refractivity contribution in [2.75, 3.05) is 4.90 Å². The van der Waals surface area contributed by atoms with E-state index in [4.69, 9.17) is 5.26 Å². The van der Waals surface area contributed by atoms with Gasteiger partial charge in [0.25, 0.3) is 11.8 Å². The number of hydrogen-bond donors (Lipinski definition) is 1. The number of benzene rings is 2. The van der Waals surface area contributed by atoms with Crippen LogP contribution in [-0.2, 0) is 19.6 Å². The number of carbonyl (C=O) groups is 2. The molecule has 166 valence electrons. The SMILES string of the molecule is N#Cc1ccc(C(=O)N2Cc3ccc(C(=O)NCc4cccnc4)n3Cc3ccccc32)cc1. The Morgan fingerprint density at radius 2 is 1.79 bits per heavy atom. The summed E-state index contributed by atoms with van der Waals surface area (Å²) in [5.41, 5.74) is 5.09. The average Bonchev–Trinajstić information content (AvgIpc) is 3.20. The lowest BCUT2D eigenvalue weighted by atomic mass is 10.1. The molecule has 0 saturated carbocycles. The number of aromatic nitrogens is 2. The second kappa shape index (κ2) is 9.04. The molecule has 2 aromatic carbocycles. The molecule has 0 fully saturated rings. The van der Waals surface area contributed by atoms with Crippen LogP contribution >= 0.6 is 0 Å². The number of hydrogen-bond acceptors (Lipinski definition) is 4. The first-order valence-corrected chi connectivity index (χ1v) is 10.9. The number of nitriles is 1. The first-order valence-electron chi connectivity index (χ1n) is 10.9. The lowest BCUT2D eigenvalue weighted by molar-refractivity contribution is 0.0941. The fourth-order valence-electron chi connectivity index (χ4n) is 4.16. The molecule has 0 aliphatic carbocycles. The number of fused-ring (bicyclic) bond motifs is 2. The van der Waals surface area contributed by atoms with Gasteiger partial charge in [0.05, 0.1) is 24.7 Å². The Hall–Kier alpha value is -4.70. The Balaban J connectivity index is 1.45. The number of amides is 2. The Morgan fingerprint density at radius 3 is 2.56 bits per heavy atom. The van der Waals surface area contributed by atoms with Crippen LogP contribution in [0, 0.1) is 11.3 Å². The van der Waals surface area contributed by atoms with Gasteiger partial charge in [-0.2, -0.15) is 5.26 Å². The minimum Gasteiger partial charge on any atom is -0.347 e. The van der Waals surface area contributed by atoms with Crippen LogP contribution in [0.25, 0.3) is 0 Å². The fourth-order valence-corrected chi connectivity index (χ4v) is 4.16. The fraction of sp³-hybridized carbons (Fsp3) is 0.111. The van der Waals surface area contributed by atoms with Gasteiger partial charge in [-0.1, -0.05) is 24.3 Å². The molecule has 1 aliphatic heterocycles. The third kappa shape index (κ3) is 4.05. The molecule has 3 heterocycles. The molecule has 4 aromatic rings. The summed E-state index contributed by atoms with van der Waals surface area (Å²) in [6, 6.07) is 23.9. The van der Waals surface area contributed by atoms with Gasteiger partial charge in [-0.3, -0.25) is 14.6 Å². The molecular formula is C27H21N5O2. The van der Waals surface area contributed by atoms with Crippen molar-refractivity contribution in [2.24, 2.45) is 0 Å². The van der Waals surface area contributed by atoms with Crippen molar-refractivity contribution in [3.63, 3.8) is 0 Å². The van der Waals surface area contributed by atoms with Gasteiger partial charge in [0, 0.05) is 35.9 Å². The first-order chi connectivity index (χ1) is 16.6. The van der Waals surface area contributed by atoms with E-state index >= 15 is 0 Å². The van der Waals surface area contributed by atoms with Crippen LogP contribution in [0.5, 0.6) is 0 Å². The predicted molar refractivity (Wildman–Crippen MR) is 127 cm³/mol. The molecule has 0 spiro atoms. The number of pyridine rings is 1. The molecule has 0 radical (unpaired) electrons. The van der Waals surface area contributed by atoms with E-state index in [9.17, 15) is 9.59 Å². The van der Waals surface area contributed by atoms with E-state index < -0.39 is 0 Å². The molecule has 1 N–H and O–H groups in total. The largest absolute Gasteiger partial charge is 0.347 e. The van der Waals surface area contributed by atoms with Crippen LogP contribution in [0.1, 0.15) is 43.2 Å². The zero-order valence-electron chi connectivity index (χ0n) is 18.3. The van der Waals surface area contributed by atoms with E-state index in [-0.39, 0.29) is 11.8 Å². The Kier molecular flexibility index (Phi) is 5.63. The van der Waals surface area contributed by atoms with Gasteiger partial charge in [-0.05, 0) is 59.7 Å². The quantitative estimate of drug-likeness (QED) is 0.514. The minimum atomic E-state index is -0.181. The van der Waals surface area contributed by atoms with Crippen molar-refractivity contribution >= 4 is 17.5 Å². The number of anilines is 1. The maximum Gasteiger partial charge on any atom is 0.268 e. The molecule has 34 heavy (non-hydrogen) atoms. The topological polar surface area (TPSA) is 91.0 Å². The summed E-state index contributed by atoms with van der Waals surface area (Å²) in [7, 11) is 0. The van der Waals surface area contributed by atoms with Crippen molar-refractivity contribution in [3.05, 3.63) is 119 Å². The molecule has 7 nitrogen and oxygen atoms in total. The lowest BCUT2D eigenvalue weighted by Crippen LogP contribution is -2.30. The molecule has 5 rings (SSSR count). The lowest BCUT2D eigenvalue weighted by Gasteiger charge is -2.22. The van der Waals surface area contributed by atoms with E-state index in [1.165, 1.54) is 0 Å². The van der Waals surface area contributed by atoms with Gasteiger partial charge >= 0.3 is 0 Å². The number of nitrogens with one attached hydrogen (secondary N) is 1. The normalized spacial score (nSPS) is 12.1. The Labute approximate surface area is 196 Å². The first kappa shape index (κ1) is 21.2. The maximum atomic E-state index is 13.5. The Bertz CT molecular complexity index is 1400. The van der Waals surface area contributed by atoms with Crippen molar-refractivity contribution in [1.29, 1.82) is 5.26 Å². The zero-order valence-corrected chi connectivity index (χ0v) is 18.3. The zero-order chi connectivity index (χ0) is 23.5. The third-order valence-electron chi connectivity index (χ3n) is 5.92. The number of rotatable bonds is 4. The molecule has 2 amide bonds. The number of nitrogens with zero attached hydrogens (tertiary/aromatic N) is 4. The van der Waals surface area contributed by atoms with Crippen molar-refractivity contribution < 1.29 is 9.59 Å². The Morgan fingerprint density at radius 1 is 0.971 bits per heavy atom. The average molecular weight is 447 g/mol. The molecule has 1 aliphatic rings. The molecule has 2 aromatic heterocycles. The van der Waals surface area contributed by atoms with Crippen LogP contribution in [0.4, 0.5) is 5.69 Å². The van der Waals surface area contributed by atoms with Gasteiger partial charge in [-0.25, -0.2) is 0 Å². The highest BCUT2D eigenvalue weighted by Crippen LogP contribution is 2.30. The maximum absolute atomic E-state index is 13.5. The van der Waals surface area contributed by atoms with E-state index in [1.54, 1.807) is 47.6 Å². The van der Waals surface area contributed by atoms with Gasteiger partial charge in [-0.15, -0.1) is 0 Å². The van der Waals surface area contributed by atoms with Crippen molar-refractivity contribution in [2.45, 2.75) is 19.6 Å². The summed E-state index contributed by atoms with van der Waals surface area (Å²) in [5.74, 6) is -0.339. The van der Waals surface area contributed by atoms with Crippen LogP contribution in [0.15, 0.2) is 85.2 Å². The molecular weight excluding hydrogens is 426 g/mol. The highest BCUT2D eigenvalue weighted by atomic mass is 16.2. The second-order valence-corrected chi connectivity index (χ2v) is 8.05. The molecule has 0 saturated heterocycles. The van der Waals surface area contributed by atoms with Crippen LogP contribution in [-0.4, -0.2) is 21.4 Å².